The average Bonchev–Trinajstić information content (AvgIpc) is 2.29. The number of fused-ring (bicyclic) bond motifs is 2. The third kappa shape index (κ3) is 2.32. The summed E-state index contributed by atoms with van der Waals surface area (Å²) in [6.45, 7) is 0. The SMILES string of the molecule is NC1CC2CCCC(C1)N2c1ccc(I)cc1. The van der Waals surface area contributed by atoms with Gasteiger partial charge in [0.1, 0.15) is 0 Å². The molecular weight excluding hydrogens is 323 g/mol. The fraction of sp³-hybridized carbons (Fsp3) is 0.571. The van der Waals surface area contributed by atoms with Crippen molar-refractivity contribution in [1.82, 2.24) is 0 Å². The van der Waals surface area contributed by atoms with E-state index in [1.165, 1.54) is 41.4 Å². The highest BCUT2D eigenvalue weighted by atomic mass is 127. The zero-order chi connectivity index (χ0) is 11.8. The highest BCUT2D eigenvalue weighted by Gasteiger charge is 2.36. The maximum atomic E-state index is 6.16. The Morgan fingerprint density at radius 1 is 1.06 bits per heavy atom. The van der Waals surface area contributed by atoms with E-state index in [1.807, 2.05) is 0 Å². The van der Waals surface area contributed by atoms with Gasteiger partial charge < -0.3 is 10.6 Å². The van der Waals surface area contributed by atoms with Crippen LogP contribution >= 0.6 is 22.6 Å². The smallest absolute Gasteiger partial charge is 0.0371 e. The highest BCUT2D eigenvalue weighted by Crippen LogP contribution is 2.37. The van der Waals surface area contributed by atoms with E-state index in [1.54, 1.807) is 0 Å². The zero-order valence-corrected chi connectivity index (χ0v) is 12.1. The van der Waals surface area contributed by atoms with Gasteiger partial charge >= 0.3 is 0 Å². The second-order valence-corrected chi connectivity index (χ2v) is 6.60. The van der Waals surface area contributed by atoms with Gasteiger partial charge in [-0.2, -0.15) is 0 Å². The summed E-state index contributed by atoms with van der Waals surface area (Å²) in [5, 5.41) is 0. The second kappa shape index (κ2) is 4.76. The molecule has 2 aliphatic heterocycles. The number of anilines is 1. The Hall–Kier alpha value is -0.290. The van der Waals surface area contributed by atoms with Crippen LogP contribution in [0.2, 0.25) is 0 Å². The average molecular weight is 342 g/mol. The van der Waals surface area contributed by atoms with Gasteiger partial charge in [-0.15, -0.1) is 0 Å². The predicted molar refractivity (Wildman–Crippen MR) is 80.3 cm³/mol. The Morgan fingerprint density at radius 2 is 1.65 bits per heavy atom. The molecule has 2 fully saturated rings. The number of piperidine rings is 2. The first-order valence-electron chi connectivity index (χ1n) is 6.53. The third-order valence-corrected chi connectivity index (χ3v) is 4.86. The molecular formula is C14H19IN2. The first kappa shape index (κ1) is 11.8. The minimum atomic E-state index is 0.422. The maximum Gasteiger partial charge on any atom is 0.0371 e. The number of nitrogens with zero attached hydrogens (tertiary/aromatic N) is 1. The molecule has 0 saturated carbocycles. The molecule has 0 spiro atoms. The minimum Gasteiger partial charge on any atom is -0.365 e. The molecule has 3 rings (SSSR count). The van der Waals surface area contributed by atoms with E-state index in [4.69, 9.17) is 5.73 Å². The molecule has 92 valence electrons. The highest BCUT2D eigenvalue weighted by molar-refractivity contribution is 14.1. The zero-order valence-electron chi connectivity index (χ0n) is 9.98. The molecule has 2 bridgehead atoms. The quantitative estimate of drug-likeness (QED) is 0.795. The van der Waals surface area contributed by atoms with Crippen LogP contribution in [0.25, 0.3) is 0 Å². The Kier molecular flexibility index (Phi) is 3.30. The number of hydrogen-bond acceptors (Lipinski definition) is 2. The van der Waals surface area contributed by atoms with Crippen LogP contribution in [-0.2, 0) is 0 Å². The van der Waals surface area contributed by atoms with Gasteiger partial charge in [0, 0.05) is 27.4 Å². The van der Waals surface area contributed by atoms with Gasteiger partial charge in [-0.05, 0) is 79.0 Å². The van der Waals surface area contributed by atoms with Crippen molar-refractivity contribution in [3.63, 3.8) is 0 Å². The predicted octanol–water partition coefficient (Wildman–Crippen LogP) is 3.14. The van der Waals surface area contributed by atoms with Gasteiger partial charge in [-0.3, -0.25) is 0 Å². The molecule has 0 aromatic heterocycles. The summed E-state index contributed by atoms with van der Waals surface area (Å²) in [6, 6.07) is 10.7. The molecule has 2 N–H and O–H groups in total. The van der Waals surface area contributed by atoms with Gasteiger partial charge in [-0.25, -0.2) is 0 Å². The Bertz CT molecular complexity index is 376. The fourth-order valence-corrected chi connectivity index (χ4v) is 3.82. The number of hydrogen-bond donors (Lipinski definition) is 1. The van der Waals surface area contributed by atoms with Crippen molar-refractivity contribution in [3.8, 4) is 0 Å². The van der Waals surface area contributed by atoms with E-state index in [0.29, 0.717) is 18.1 Å². The van der Waals surface area contributed by atoms with Crippen molar-refractivity contribution < 1.29 is 0 Å². The molecule has 2 nitrogen and oxygen atoms in total. The van der Waals surface area contributed by atoms with Crippen molar-refractivity contribution >= 4 is 28.3 Å². The lowest BCUT2D eigenvalue weighted by atomic mass is 9.81. The van der Waals surface area contributed by atoms with Gasteiger partial charge in [0.25, 0.3) is 0 Å². The molecule has 2 unspecified atom stereocenters. The van der Waals surface area contributed by atoms with Crippen LogP contribution in [0, 0.1) is 3.57 Å². The summed E-state index contributed by atoms with van der Waals surface area (Å²) in [5.41, 5.74) is 7.56. The summed E-state index contributed by atoms with van der Waals surface area (Å²) < 4.78 is 1.31. The first-order chi connectivity index (χ1) is 8.24. The van der Waals surface area contributed by atoms with E-state index in [2.05, 4.69) is 51.8 Å². The maximum absolute atomic E-state index is 6.16. The lowest BCUT2D eigenvalue weighted by molar-refractivity contribution is 0.271. The normalized spacial score (nSPS) is 32.6. The molecule has 2 aliphatic rings. The molecule has 0 amide bonds. The number of rotatable bonds is 1. The van der Waals surface area contributed by atoms with Crippen LogP contribution in [0.15, 0.2) is 24.3 Å². The molecule has 0 aliphatic carbocycles. The van der Waals surface area contributed by atoms with Gasteiger partial charge in [-0.1, -0.05) is 0 Å². The first-order valence-corrected chi connectivity index (χ1v) is 7.61. The van der Waals surface area contributed by atoms with Crippen LogP contribution in [0.1, 0.15) is 32.1 Å². The summed E-state index contributed by atoms with van der Waals surface area (Å²) in [7, 11) is 0. The van der Waals surface area contributed by atoms with Gasteiger partial charge in [0.2, 0.25) is 0 Å². The summed E-state index contributed by atoms with van der Waals surface area (Å²) in [5.74, 6) is 0. The van der Waals surface area contributed by atoms with E-state index in [0.717, 1.165) is 0 Å². The molecule has 1 aromatic rings. The molecule has 2 saturated heterocycles. The lowest BCUT2D eigenvalue weighted by Gasteiger charge is -2.49. The van der Waals surface area contributed by atoms with Crippen molar-refractivity contribution in [2.75, 3.05) is 4.90 Å². The monoisotopic (exact) mass is 342 g/mol. The minimum absolute atomic E-state index is 0.422. The largest absolute Gasteiger partial charge is 0.365 e. The van der Waals surface area contributed by atoms with E-state index in [9.17, 15) is 0 Å². The molecule has 2 heterocycles. The lowest BCUT2D eigenvalue weighted by Crippen LogP contribution is -2.55. The Morgan fingerprint density at radius 3 is 2.24 bits per heavy atom. The third-order valence-electron chi connectivity index (χ3n) is 4.14. The van der Waals surface area contributed by atoms with Crippen molar-refractivity contribution in [2.24, 2.45) is 5.73 Å². The molecule has 17 heavy (non-hydrogen) atoms. The number of nitrogens with two attached hydrogens (primary N) is 1. The van der Waals surface area contributed by atoms with E-state index >= 15 is 0 Å². The molecule has 0 radical (unpaired) electrons. The number of halogens is 1. The van der Waals surface area contributed by atoms with Crippen LogP contribution in [0.3, 0.4) is 0 Å². The molecule has 3 heteroatoms. The molecule has 1 aromatic carbocycles. The van der Waals surface area contributed by atoms with Crippen LogP contribution < -0.4 is 10.6 Å². The Balaban J connectivity index is 1.89. The molecule has 2 atom stereocenters. The van der Waals surface area contributed by atoms with Crippen LogP contribution in [0.5, 0.6) is 0 Å². The fourth-order valence-electron chi connectivity index (χ4n) is 3.46. The van der Waals surface area contributed by atoms with Gasteiger partial charge in [0.05, 0.1) is 0 Å². The van der Waals surface area contributed by atoms with Crippen molar-refractivity contribution in [2.45, 2.75) is 50.2 Å². The summed E-state index contributed by atoms with van der Waals surface area (Å²) >= 11 is 2.37. The summed E-state index contributed by atoms with van der Waals surface area (Å²) in [6.07, 6.45) is 6.35. The van der Waals surface area contributed by atoms with Gasteiger partial charge in [0.15, 0.2) is 0 Å². The number of benzene rings is 1. The van der Waals surface area contributed by atoms with E-state index in [-0.39, 0.29) is 0 Å². The Labute approximate surface area is 117 Å². The van der Waals surface area contributed by atoms with Crippen LogP contribution in [-0.4, -0.2) is 18.1 Å². The van der Waals surface area contributed by atoms with E-state index < -0.39 is 0 Å². The van der Waals surface area contributed by atoms with Crippen molar-refractivity contribution in [3.05, 3.63) is 27.8 Å². The summed E-state index contributed by atoms with van der Waals surface area (Å²) in [4.78, 5) is 2.64. The topological polar surface area (TPSA) is 29.3 Å². The van der Waals surface area contributed by atoms with Crippen molar-refractivity contribution in [1.29, 1.82) is 0 Å². The van der Waals surface area contributed by atoms with Crippen LogP contribution in [0.4, 0.5) is 5.69 Å². The second-order valence-electron chi connectivity index (χ2n) is 5.35. The standard InChI is InChI=1S/C14H19IN2/c15-10-4-6-12(7-5-10)17-13-2-1-3-14(17)9-11(16)8-13/h4-7,11,13-14H,1-3,8-9,16H2.